The van der Waals surface area contributed by atoms with Crippen LogP contribution in [0.4, 0.5) is 18.9 Å². The maximum Gasteiger partial charge on any atom is 0.421 e. The Balaban J connectivity index is 1.43. The first-order chi connectivity index (χ1) is 18.3. The summed E-state index contributed by atoms with van der Waals surface area (Å²) in [5, 5.41) is 20.6. The van der Waals surface area contributed by atoms with Gasteiger partial charge in [-0.2, -0.15) is 17.5 Å². The van der Waals surface area contributed by atoms with Crippen molar-refractivity contribution >= 4 is 32.8 Å². The molecule has 39 heavy (non-hydrogen) atoms. The highest BCUT2D eigenvalue weighted by Crippen LogP contribution is 2.39. The van der Waals surface area contributed by atoms with Gasteiger partial charge in [0.15, 0.2) is 5.60 Å². The van der Waals surface area contributed by atoms with E-state index in [1.54, 1.807) is 12.2 Å². The Kier molecular flexibility index (Phi) is 7.72. The van der Waals surface area contributed by atoms with Crippen LogP contribution in [0.15, 0.2) is 47.4 Å². The third kappa shape index (κ3) is 5.30. The van der Waals surface area contributed by atoms with Crippen LogP contribution in [-0.4, -0.2) is 102 Å². The maximum atomic E-state index is 13.6. The minimum absolute atomic E-state index is 0.00407. The monoisotopic (exact) mass is 587 g/mol. The molecule has 0 radical (unpaired) electrons. The zero-order valence-corrected chi connectivity index (χ0v) is 23.1. The summed E-state index contributed by atoms with van der Waals surface area (Å²) in [4.78, 5) is 4.64. The van der Waals surface area contributed by atoms with Crippen molar-refractivity contribution in [3.05, 3.63) is 53.0 Å². The SMILES string of the molecule is C[C@](O)(c1ccc(N2CCN(S(=O)(=O)C3=CC=CCC3=S)C[C@@H]2CN2[C@H]3COC[C@@H]2[C@H](O)C3)cc1)C(F)(F)F. The molecule has 1 aliphatic carbocycles. The molecule has 8 nitrogen and oxygen atoms in total. The number of thiocarbonyl (C=S) groups is 1. The van der Waals surface area contributed by atoms with Crippen molar-refractivity contribution < 1.29 is 36.5 Å². The van der Waals surface area contributed by atoms with Crippen LogP contribution in [0.25, 0.3) is 0 Å². The van der Waals surface area contributed by atoms with Crippen LogP contribution in [0.1, 0.15) is 25.3 Å². The van der Waals surface area contributed by atoms with Crippen LogP contribution in [0.5, 0.6) is 0 Å². The van der Waals surface area contributed by atoms with Crippen LogP contribution >= 0.6 is 12.2 Å². The van der Waals surface area contributed by atoms with Crippen molar-refractivity contribution in [2.75, 3.05) is 44.3 Å². The minimum Gasteiger partial charge on any atom is -0.391 e. The number of alkyl halides is 3. The molecule has 1 aromatic carbocycles. The zero-order chi connectivity index (χ0) is 28.2. The summed E-state index contributed by atoms with van der Waals surface area (Å²) >= 11 is 5.34. The highest BCUT2D eigenvalue weighted by atomic mass is 32.2. The molecule has 3 aliphatic heterocycles. The van der Waals surface area contributed by atoms with Crippen LogP contribution < -0.4 is 4.90 Å². The van der Waals surface area contributed by atoms with Gasteiger partial charge in [0.2, 0.25) is 10.0 Å². The number of piperazine rings is 1. The Morgan fingerprint density at radius 1 is 1.15 bits per heavy atom. The molecule has 1 aromatic rings. The fraction of sp³-hybridized carbons (Fsp3) is 0.577. The molecular formula is C26H32F3N3O5S2. The first-order valence-electron chi connectivity index (χ1n) is 12.9. The lowest BCUT2D eigenvalue weighted by Gasteiger charge is -2.46. The molecule has 5 atom stereocenters. The van der Waals surface area contributed by atoms with Gasteiger partial charge in [0.1, 0.15) is 0 Å². The third-order valence-electron chi connectivity index (χ3n) is 8.21. The second-order valence-electron chi connectivity index (χ2n) is 10.7. The van der Waals surface area contributed by atoms with Crippen molar-refractivity contribution in [3.8, 4) is 0 Å². The van der Waals surface area contributed by atoms with E-state index in [1.807, 2.05) is 4.90 Å². The number of benzene rings is 1. The number of aliphatic hydroxyl groups is 2. The normalized spacial score (nSPS) is 30.4. The molecular weight excluding hydrogens is 555 g/mol. The predicted octanol–water partition coefficient (Wildman–Crippen LogP) is 2.32. The number of nitrogens with zero attached hydrogens (tertiary/aromatic N) is 3. The van der Waals surface area contributed by atoms with Gasteiger partial charge in [0.05, 0.1) is 36.3 Å². The second-order valence-corrected chi connectivity index (χ2v) is 13.1. The quantitative estimate of drug-likeness (QED) is 0.490. The summed E-state index contributed by atoms with van der Waals surface area (Å²) < 4.78 is 74.3. The van der Waals surface area contributed by atoms with Gasteiger partial charge >= 0.3 is 6.18 Å². The van der Waals surface area contributed by atoms with Crippen LogP contribution in [-0.2, 0) is 20.4 Å². The summed E-state index contributed by atoms with van der Waals surface area (Å²) in [7, 11) is -3.85. The molecule has 0 saturated carbocycles. The van der Waals surface area contributed by atoms with Crippen molar-refractivity contribution in [1.82, 2.24) is 9.21 Å². The van der Waals surface area contributed by atoms with Gasteiger partial charge in [-0.05, 0) is 37.1 Å². The molecule has 13 heteroatoms. The maximum absolute atomic E-state index is 13.6. The minimum atomic E-state index is -4.84. The van der Waals surface area contributed by atoms with E-state index < -0.39 is 27.9 Å². The van der Waals surface area contributed by atoms with Crippen molar-refractivity contribution in [3.63, 3.8) is 0 Å². The number of rotatable bonds is 6. The average Bonchev–Trinajstić information content (AvgIpc) is 3.04. The van der Waals surface area contributed by atoms with Crippen LogP contribution in [0.2, 0.25) is 0 Å². The van der Waals surface area contributed by atoms with E-state index in [9.17, 15) is 31.8 Å². The van der Waals surface area contributed by atoms with E-state index in [0.29, 0.717) is 56.6 Å². The van der Waals surface area contributed by atoms with Gasteiger partial charge in [0, 0.05) is 49.2 Å². The van der Waals surface area contributed by atoms with Crippen molar-refractivity contribution in [2.45, 2.75) is 55.8 Å². The molecule has 0 spiro atoms. The molecule has 214 valence electrons. The summed E-state index contributed by atoms with van der Waals surface area (Å²) in [5.74, 6) is 0. The molecule has 5 rings (SSSR count). The summed E-state index contributed by atoms with van der Waals surface area (Å²) in [6, 6.07) is 4.99. The molecule has 3 saturated heterocycles. The lowest BCUT2D eigenvalue weighted by atomic mass is 9.95. The summed E-state index contributed by atoms with van der Waals surface area (Å²) in [6.07, 6.45) is 0.571. The highest BCUT2D eigenvalue weighted by molar-refractivity contribution is 7.96. The number of anilines is 1. The Labute approximate surface area is 231 Å². The fourth-order valence-electron chi connectivity index (χ4n) is 5.86. The molecule has 0 amide bonds. The molecule has 2 N–H and O–H groups in total. The number of sulfonamides is 1. The second kappa shape index (κ2) is 10.5. The van der Waals surface area contributed by atoms with E-state index in [0.717, 1.165) is 0 Å². The Hall–Kier alpha value is -1.87. The van der Waals surface area contributed by atoms with E-state index in [1.165, 1.54) is 34.6 Å². The average molecular weight is 588 g/mol. The topological polar surface area (TPSA) is 93.6 Å². The summed E-state index contributed by atoms with van der Waals surface area (Å²) in [5.41, 5.74) is -2.66. The third-order valence-corrected chi connectivity index (χ3v) is 10.7. The van der Waals surface area contributed by atoms with E-state index >= 15 is 0 Å². The number of morpholine rings is 1. The molecule has 4 aliphatic rings. The molecule has 2 bridgehead atoms. The number of allylic oxidation sites excluding steroid dienone is 4. The van der Waals surface area contributed by atoms with Crippen LogP contribution in [0, 0.1) is 0 Å². The van der Waals surface area contributed by atoms with Crippen molar-refractivity contribution in [2.24, 2.45) is 0 Å². The highest BCUT2D eigenvalue weighted by Gasteiger charge is 2.51. The van der Waals surface area contributed by atoms with Gasteiger partial charge in [-0.1, -0.05) is 36.5 Å². The van der Waals surface area contributed by atoms with E-state index in [2.05, 4.69) is 4.90 Å². The molecule has 0 unspecified atom stereocenters. The Bertz CT molecular complexity index is 1270. The number of ether oxygens (including phenoxy) is 1. The molecule has 0 aromatic heterocycles. The van der Waals surface area contributed by atoms with Crippen LogP contribution in [0.3, 0.4) is 0 Å². The van der Waals surface area contributed by atoms with E-state index in [4.69, 9.17) is 17.0 Å². The number of hydrogen-bond acceptors (Lipinski definition) is 8. The summed E-state index contributed by atoms with van der Waals surface area (Å²) in [6.45, 7) is 2.61. The number of hydrogen-bond donors (Lipinski definition) is 2. The lowest BCUT2D eigenvalue weighted by molar-refractivity contribution is -0.258. The molecule has 3 fully saturated rings. The van der Waals surface area contributed by atoms with Gasteiger partial charge in [0.25, 0.3) is 0 Å². The van der Waals surface area contributed by atoms with E-state index in [-0.39, 0.29) is 41.7 Å². The number of fused-ring (bicyclic) bond motifs is 2. The smallest absolute Gasteiger partial charge is 0.391 e. The Morgan fingerprint density at radius 3 is 2.51 bits per heavy atom. The van der Waals surface area contributed by atoms with Gasteiger partial charge in [-0.3, -0.25) is 4.90 Å². The Morgan fingerprint density at radius 2 is 1.87 bits per heavy atom. The first kappa shape index (κ1) is 28.7. The zero-order valence-electron chi connectivity index (χ0n) is 21.4. The predicted molar refractivity (Wildman–Crippen MR) is 144 cm³/mol. The number of aliphatic hydroxyl groups excluding tert-OH is 1. The van der Waals surface area contributed by atoms with Crippen molar-refractivity contribution in [1.29, 1.82) is 0 Å². The van der Waals surface area contributed by atoms with Gasteiger partial charge in [-0.25, -0.2) is 8.42 Å². The molecule has 3 heterocycles. The largest absolute Gasteiger partial charge is 0.421 e. The lowest BCUT2D eigenvalue weighted by Crippen LogP contribution is -2.61. The van der Waals surface area contributed by atoms with Gasteiger partial charge < -0.3 is 19.8 Å². The first-order valence-corrected chi connectivity index (χ1v) is 14.7. The standard InChI is InChI=1S/C26H32F3N3O5S2/c1-25(34,26(27,28)29)17-6-8-18(9-7-17)31-11-10-30(39(35,36)24-5-3-2-4-23(24)38)13-20(31)14-32-19-12-22(33)21(32)16-37-15-19/h2-3,5-9,19-22,33-34H,4,10-16H2,1H3/t19-,20-,21-,22-,25+/m1/s1. The number of halogens is 3. The fourth-order valence-corrected chi connectivity index (χ4v) is 7.93. The van der Waals surface area contributed by atoms with Gasteiger partial charge in [-0.15, -0.1) is 0 Å².